The summed E-state index contributed by atoms with van der Waals surface area (Å²) in [5.41, 5.74) is 3.33. The molecule has 0 radical (unpaired) electrons. The van der Waals surface area contributed by atoms with Crippen molar-refractivity contribution in [2.75, 3.05) is 13.2 Å². The van der Waals surface area contributed by atoms with Crippen molar-refractivity contribution < 1.29 is 18.6 Å². The van der Waals surface area contributed by atoms with Gasteiger partial charge in [0.2, 0.25) is 12.2 Å². The molecule has 3 heterocycles. The first kappa shape index (κ1) is 23.1. The van der Waals surface area contributed by atoms with Gasteiger partial charge in [-0.05, 0) is 48.2 Å². The molecule has 0 bridgehead atoms. The molecule has 1 fully saturated rings. The zero-order chi connectivity index (χ0) is 24.4. The predicted molar refractivity (Wildman–Crippen MR) is 132 cm³/mol. The maximum atomic E-state index is 13.6. The Hall–Kier alpha value is -3.65. The number of hydrogen-bond donors (Lipinski definition) is 0. The van der Waals surface area contributed by atoms with E-state index in [0.717, 1.165) is 41.7 Å². The van der Waals surface area contributed by atoms with Gasteiger partial charge in [0.15, 0.2) is 0 Å². The summed E-state index contributed by atoms with van der Waals surface area (Å²) in [5.74, 6) is 1.01. The summed E-state index contributed by atoms with van der Waals surface area (Å²) in [6, 6.07) is 16.9. The number of aromatic nitrogens is 3. The summed E-state index contributed by atoms with van der Waals surface area (Å²) in [6.45, 7) is 3.04. The van der Waals surface area contributed by atoms with Crippen molar-refractivity contribution >= 4 is 10.9 Å². The molecular formula is C27H28FN3O4. The molecule has 0 spiro atoms. The molecule has 35 heavy (non-hydrogen) atoms. The van der Waals surface area contributed by atoms with E-state index in [-0.39, 0.29) is 11.7 Å². The topological polar surface area (TPSA) is 67.5 Å². The third-order valence-electron chi connectivity index (χ3n) is 6.22. The molecule has 2 unspecified atom stereocenters. The molecule has 0 N–H and O–H groups in total. The largest absolute Gasteiger partial charge is 0.472 e. The summed E-state index contributed by atoms with van der Waals surface area (Å²) in [6.07, 6.45) is 2.22. The van der Waals surface area contributed by atoms with Crippen molar-refractivity contribution in [3.8, 4) is 22.8 Å². The molecule has 182 valence electrons. The van der Waals surface area contributed by atoms with Gasteiger partial charge in [-0.15, -0.1) is 0 Å². The number of halogens is 1. The monoisotopic (exact) mass is 477 g/mol. The van der Waals surface area contributed by atoms with Crippen molar-refractivity contribution in [1.82, 2.24) is 14.3 Å². The number of alkyl halides is 1. The second-order valence-electron chi connectivity index (χ2n) is 8.73. The lowest BCUT2D eigenvalue weighted by Crippen LogP contribution is -2.28. The molecule has 0 saturated carbocycles. The summed E-state index contributed by atoms with van der Waals surface area (Å²) >= 11 is 0. The van der Waals surface area contributed by atoms with Gasteiger partial charge in [0, 0.05) is 38.4 Å². The number of benzene rings is 2. The Labute approximate surface area is 202 Å². The van der Waals surface area contributed by atoms with Crippen LogP contribution in [0.2, 0.25) is 0 Å². The number of para-hydroxylation sites is 1. The molecule has 7 nitrogen and oxygen atoms in total. The molecule has 2 aromatic carbocycles. The molecule has 1 aliphatic heterocycles. The van der Waals surface area contributed by atoms with Gasteiger partial charge in [-0.25, -0.2) is 9.37 Å². The fraction of sp³-hybridized carbons (Fsp3) is 0.333. The van der Waals surface area contributed by atoms with E-state index < -0.39 is 6.36 Å². The van der Waals surface area contributed by atoms with Gasteiger partial charge in [0.1, 0.15) is 11.9 Å². The van der Waals surface area contributed by atoms with Crippen LogP contribution in [0, 0.1) is 0 Å². The molecule has 0 amide bonds. The highest BCUT2D eigenvalue weighted by Gasteiger charge is 2.17. The molecule has 1 saturated heterocycles. The highest BCUT2D eigenvalue weighted by Crippen LogP contribution is 2.28. The van der Waals surface area contributed by atoms with Gasteiger partial charge in [0.25, 0.3) is 5.56 Å². The predicted octanol–water partition coefficient (Wildman–Crippen LogP) is 4.70. The first-order valence-corrected chi connectivity index (χ1v) is 11.8. The Bertz CT molecular complexity index is 1390. The average Bonchev–Trinajstić information content (AvgIpc) is 3.10. The fourth-order valence-electron chi connectivity index (χ4n) is 4.46. The van der Waals surface area contributed by atoms with Crippen molar-refractivity contribution in [2.45, 2.75) is 38.8 Å². The summed E-state index contributed by atoms with van der Waals surface area (Å²) < 4.78 is 33.9. The van der Waals surface area contributed by atoms with Gasteiger partial charge in [-0.2, -0.15) is 0 Å². The van der Waals surface area contributed by atoms with Crippen LogP contribution in [0.25, 0.3) is 22.0 Å². The minimum absolute atomic E-state index is 0.00242. The molecule has 4 aromatic rings. The maximum absolute atomic E-state index is 13.6. The maximum Gasteiger partial charge on any atom is 0.274 e. The quantitative estimate of drug-likeness (QED) is 0.386. The first-order valence-electron chi connectivity index (χ1n) is 11.8. The Morgan fingerprint density at radius 3 is 2.80 bits per heavy atom. The lowest BCUT2D eigenvalue weighted by atomic mass is 10.1. The fourth-order valence-corrected chi connectivity index (χ4v) is 4.46. The van der Waals surface area contributed by atoms with Crippen molar-refractivity contribution in [1.29, 1.82) is 0 Å². The number of nitrogens with zero attached hydrogens (tertiary/aromatic N) is 3. The highest BCUT2D eigenvalue weighted by atomic mass is 19.1. The van der Waals surface area contributed by atoms with Gasteiger partial charge in [0.05, 0.1) is 24.1 Å². The van der Waals surface area contributed by atoms with E-state index in [2.05, 4.69) is 4.98 Å². The van der Waals surface area contributed by atoms with E-state index in [1.54, 1.807) is 30.1 Å². The zero-order valence-corrected chi connectivity index (χ0v) is 19.8. The minimum Gasteiger partial charge on any atom is -0.472 e. The number of hydrogen-bond acceptors (Lipinski definition) is 5. The number of rotatable bonds is 7. The Kier molecular flexibility index (Phi) is 6.55. The normalized spacial score (nSPS) is 16.8. The molecule has 5 rings (SSSR count). The molecule has 2 atom stereocenters. The standard InChI is InChI=1S/C27H28FN3O4/c1-18(28)34-25-8-4-3-6-21(25)16-31-24-14-19(9-10-23(24)27(32)30(31)2)20-11-12-29-26(15-20)35-22-7-5-13-33-17-22/h3-4,6,8-12,14-15,18,22H,5,7,13,16-17H2,1-2H3. The number of ether oxygens (including phenoxy) is 3. The van der Waals surface area contributed by atoms with Crippen LogP contribution in [0.1, 0.15) is 25.3 Å². The van der Waals surface area contributed by atoms with E-state index in [4.69, 9.17) is 14.2 Å². The highest BCUT2D eigenvalue weighted by molar-refractivity contribution is 5.84. The van der Waals surface area contributed by atoms with E-state index >= 15 is 0 Å². The van der Waals surface area contributed by atoms with Crippen LogP contribution in [0.3, 0.4) is 0 Å². The smallest absolute Gasteiger partial charge is 0.274 e. The van der Waals surface area contributed by atoms with Crippen LogP contribution < -0.4 is 15.0 Å². The number of fused-ring (bicyclic) bond motifs is 1. The Morgan fingerprint density at radius 2 is 2.00 bits per heavy atom. The van der Waals surface area contributed by atoms with Crippen molar-refractivity contribution in [2.24, 2.45) is 7.05 Å². The molecule has 1 aliphatic rings. The molecular weight excluding hydrogens is 449 g/mol. The van der Waals surface area contributed by atoms with E-state index in [9.17, 15) is 9.18 Å². The third-order valence-corrected chi connectivity index (χ3v) is 6.22. The van der Waals surface area contributed by atoms with E-state index in [1.807, 2.05) is 47.1 Å². The van der Waals surface area contributed by atoms with Gasteiger partial charge in [-0.1, -0.05) is 24.3 Å². The van der Waals surface area contributed by atoms with Crippen molar-refractivity contribution in [3.05, 3.63) is 76.7 Å². The first-order chi connectivity index (χ1) is 17.0. The summed E-state index contributed by atoms with van der Waals surface area (Å²) in [4.78, 5) is 17.3. The SMILES string of the molecule is CC(F)Oc1ccccc1Cn1c2cc(-c3ccnc(OC4CCCOC4)c3)ccc2c(=O)n1C. The minimum atomic E-state index is -1.43. The van der Waals surface area contributed by atoms with Gasteiger partial charge in [-0.3, -0.25) is 14.2 Å². The molecule has 8 heteroatoms. The summed E-state index contributed by atoms with van der Waals surface area (Å²) in [7, 11) is 1.73. The third kappa shape index (κ3) is 4.93. The Morgan fingerprint density at radius 1 is 1.17 bits per heavy atom. The second-order valence-corrected chi connectivity index (χ2v) is 8.73. The zero-order valence-electron chi connectivity index (χ0n) is 19.8. The van der Waals surface area contributed by atoms with E-state index in [0.29, 0.717) is 30.2 Å². The van der Waals surface area contributed by atoms with Crippen LogP contribution in [0.5, 0.6) is 11.6 Å². The lowest BCUT2D eigenvalue weighted by Gasteiger charge is -2.22. The van der Waals surface area contributed by atoms with Crippen LogP contribution in [0.15, 0.2) is 65.6 Å². The van der Waals surface area contributed by atoms with Crippen LogP contribution in [0.4, 0.5) is 4.39 Å². The van der Waals surface area contributed by atoms with Gasteiger partial charge >= 0.3 is 0 Å². The average molecular weight is 478 g/mol. The second kappa shape index (κ2) is 9.92. The summed E-state index contributed by atoms with van der Waals surface area (Å²) in [5, 5.41) is 0.610. The van der Waals surface area contributed by atoms with Crippen LogP contribution in [-0.2, 0) is 18.3 Å². The number of pyridine rings is 1. The molecule has 2 aromatic heterocycles. The Balaban J connectivity index is 1.50. The lowest BCUT2D eigenvalue weighted by molar-refractivity contribution is 0.00552. The van der Waals surface area contributed by atoms with Crippen LogP contribution >= 0.6 is 0 Å². The van der Waals surface area contributed by atoms with Gasteiger partial charge < -0.3 is 14.2 Å². The van der Waals surface area contributed by atoms with E-state index in [1.165, 1.54) is 6.92 Å². The van der Waals surface area contributed by atoms with Crippen LogP contribution in [-0.4, -0.2) is 40.0 Å². The van der Waals surface area contributed by atoms with Crippen molar-refractivity contribution in [3.63, 3.8) is 0 Å². The molecule has 0 aliphatic carbocycles.